The summed E-state index contributed by atoms with van der Waals surface area (Å²) in [6.07, 6.45) is 2.10. The number of guanidine groups is 1. The Morgan fingerprint density at radius 1 is 1.12 bits per heavy atom. The second-order valence-corrected chi connectivity index (χ2v) is 6.90. The van der Waals surface area contributed by atoms with Gasteiger partial charge >= 0.3 is 0 Å². The highest BCUT2D eigenvalue weighted by atomic mass is 127. The van der Waals surface area contributed by atoms with Gasteiger partial charge in [-0.05, 0) is 33.7 Å². The Kier molecular flexibility index (Phi) is 10.7. The minimum Gasteiger partial charge on any atom is -0.357 e. The highest BCUT2D eigenvalue weighted by Crippen LogP contribution is 2.28. The Hall–Kier alpha value is -0.610. The van der Waals surface area contributed by atoms with Crippen LogP contribution in [0, 0.1) is 5.92 Å². The Labute approximate surface area is 169 Å². The van der Waals surface area contributed by atoms with Crippen LogP contribution in [0.2, 0.25) is 0 Å². The van der Waals surface area contributed by atoms with Gasteiger partial charge in [0.15, 0.2) is 5.96 Å². The van der Waals surface area contributed by atoms with E-state index in [-0.39, 0.29) is 35.8 Å². The summed E-state index contributed by atoms with van der Waals surface area (Å²) in [5.74, 6) is 1.30. The molecule has 0 spiro atoms. The number of nitrogens with one attached hydrogen (secondary N) is 3. The summed E-state index contributed by atoms with van der Waals surface area (Å²) in [5.41, 5.74) is 0. The zero-order chi connectivity index (χ0) is 17.4. The third kappa shape index (κ3) is 8.54. The molecule has 0 aromatic carbocycles. The van der Waals surface area contributed by atoms with Gasteiger partial charge in [-0.1, -0.05) is 0 Å². The smallest absolute Gasteiger partial charge is 0.223 e. The molecule has 146 valence electrons. The van der Waals surface area contributed by atoms with Crippen LogP contribution in [0.4, 0.5) is 0 Å². The molecule has 3 N–H and O–H groups in total. The molecule has 8 heteroatoms. The third-order valence-corrected chi connectivity index (χ3v) is 4.68. The molecule has 0 radical (unpaired) electrons. The predicted molar refractivity (Wildman–Crippen MR) is 114 cm³/mol. The van der Waals surface area contributed by atoms with E-state index >= 15 is 0 Å². The summed E-state index contributed by atoms with van der Waals surface area (Å²) >= 11 is 0. The quantitative estimate of drug-likeness (QED) is 0.208. The molecule has 1 unspecified atom stereocenters. The van der Waals surface area contributed by atoms with Crippen molar-refractivity contribution >= 4 is 35.8 Å². The van der Waals surface area contributed by atoms with Crippen molar-refractivity contribution in [2.75, 3.05) is 59.4 Å². The van der Waals surface area contributed by atoms with Gasteiger partial charge in [-0.3, -0.25) is 14.7 Å². The van der Waals surface area contributed by atoms with E-state index < -0.39 is 0 Å². The highest BCUT2D eigenvalue weighted by molar-refractivity contribution is 14.0. The van der Waals surface area contributed by atoms with Crippen molar-refractivity contribution in [3.63, 3.8) is 0 Å². The lowest BCUT2D eigenvalue weighted by molar-refractivity contribution is -0.122. The van der Waals surface area contributed by atoms with Crippen LogP contribution in [-0.2, 0) is 4.79 Å². The first-order valence-electron chi connectivity index (χ1n) is 9.32. The lowest BCUT2D eigenvalue weighted by Gasteiger charge is -2.35. The van der Waals surface area contributed by atoms with Gasteiger partial charge in [-0.25, -0.2) is 0 Å². The predicted octanol–water partition coefficient (Wildman–Crippen LogP) is 0.322. The molecular formula is C17H35IN6O. The molecule has 1 aliphatic carbocycles. The number of hydrogen-bond donors (Lipinski definition) is 3. The van der Waals surface area contributed by atoms with Crippen LogP contribution >= 0.6 is 24.0 Å². The van der Waals surface area contributed by atoms with E-state index in [2.05, 4.69) is 46.6 Å². The molecule has 7 nitrogen and oxygen atoms in total. The maximum Gasteiger partial charge on any atom is 0.223 e. The third-order valence-electron chi connectivity index (χ3n) is 4.68. The van der Waals surface area contributed by atoms with Crippen molar-refractivity contribution in [3.05, 3.63) is 0 Å². The molecule has 1 saturated heterocycles. The fourth-order valence-electron chi connectivity index (χ4n) is 2.80. The number of carbonyl (C=O) groups is 1. The van der Waals surface area contributed by atoms with Gasteiger partial charge in [-0.15, -0.1) is 24.0 Å². The van der Waals surface area contributed by atoms with E-state index in [1.54, 1.807) is 0 Å². The number of likely N-dealkylation sites (N-methyl/N-ethyl adjacent to an activating group) is 1. The molecule has 2 aliphatic rings. The second-order valence-electron chi connectivity index (χ2n) is 6.90. The number of amides is 1. The van der Waals surface area contributed by atoms with Gasteiger partial charge in [0.05, 0.1) is 6.54 Å². The van der Waals surface area contributed by atoms with Crippen LogP contribution in [0.3, 0.4) is 0 Å². The molecule has 2 rings (SSSR count). The number of nitrogens with zero attached hydrogens (tertiary/aromatic N) is 3. The molecule has 0 aromatic heterocycles. The SMILES string of the molecule is CCNC(=NCC(C)N1CCN(C)CC1)NCCNC(=O)C1CC1.I. The standard InChI is InChI=1S/C17H34N6O.HI/c1-4-18-17(20-8-7-19-16(24)15-5-6-15)21-13-14(2)23-11-9-22(3)10-12-23;/h14-15H,4-13H2,1-3H3,(H,19,24)(H2,18,20,21);1H. The zero-order valence-corrected chi connectivity index (χ0v) is 18.2. The number of piperazine rings is 1. The summed E-state index contributed by atoms with van der Waals surface area (Å²) in [4.78, 5) is 21.2. The number of aliphatic imine (C=N–C) groups is 1. The van der Waals surface area contributed by atoms with E-state index in [1.165, 1.54) is 0 Å². The summed E-state index contributed by atoms with van der Waals surface area (Å²) in [5, 5.41) is 9.53. The summed E-state index contributed by atoms with van der Waals surface area (Å²) in [6, 6.07) is 0.448. The fraction of sp³-hybridized carbons (Fsp3) is 0.882. The Balaban J connectivity index is 0.00000312. The fourth-order valence-corrected chi connectivity index (χ4v) is 2.80. The maximum absolute atomic E-state index is 11.6. The van der Waals surface area contributed by atoms with Crippen molar-refractivity contribution in [1.29, 1.82) is 0 Å². The van der Waals surface area contributed by atoms with Crippen molar-refractivity contribution in [2.24, 2.45) is 10.9 Å². The van der Waals surface area contributed by atoms with E-state index in [1.807, 2.05) is 0 Å². The first-order valence-corrected chi connectivity index (χ1v) is 9.32. The van der Waals surface area contributed by atoms with Gasteiger partial charge in [0.2, 0.25) is 5.91 Å². The van der Waals surface area contributed by atoms with Crippen LogP contribution < -0.4 is 16.0 Å². The van der Waals surface area contributed by atoms with Crippen LogP contribution in [0.1, 0.15) is 26.7 Å². The molecule has 1 aliphatic heterocycles. The van der Waals surface area contributed by atoms with Crippen molar-refractivity contribution < 1.29 is 4.79 Å². The van der Waals surface area contributed by atoms with Crippen molar-refractivity contribution in [3.8, 4) is 0 Å². The number of carbonyl (C=O) groups excluding carboxylic acids is 1. The number of hydrogen-bond acceptors (Lipinski definition) is 4. The number of rotatable bonds is 8. The normalized spacial score (nSPS) is 20.5. The Bertz CT molecular complexity index is 421. The summed E-state index contributed by atoms with van der Waals surface area (Å²) < 4.78 is 0. The molecule has 0 bridgehead atoms. The first-order chi connectivity index (χ1) is 11.6. The lowest BCUT2D eigenvalue weighted by atomic mass is 10.2. The Morgan fingerprint density at radius 3 is 2.36 bits per heavy atom. The molecule has 1 heterocycles. The van der Waals surface area contributed by atoms with E-state index in [4.69, 9.17) is 4.99 Å². The van der Waals surface area contributed by atoms with Gasteiger partial charge < -0.3 is 20.9 Å². The molecule has 0 aromatic rings. The van der Waals surface area contributed by atoms with Gasteiger partial charge in [0.25, 0.3) is 0 Å². The van der Waals surface area contributed by atoms with E-state index in [0.29, 0.717) is 19.1 Å². The zero-order valence-electron chi connectivity index (χ0n) is 15.9. The summed E-state index contributed by atoms with van der Waals surface area (Å²) in [7, 11) is 2.18. The van der Waals surface area contributed by atoms with Crippen LogP contribution in [0.25, 0.3) is 0 Å². The van der Waals surface area contributed by atoms with Gasteiger partial charge in [-0.2, -0.15) is 0 Å². The molecule has 1 amide bonds. The first kappa shape index (κ1) is 22.4. The van der Waals surface area contributed by atoms with Gasteiger partial charge in [0, 0.05) is 57.8 Å². The Morgan fingerprint density at radius 2 is 1.76 bits per heavy atom. The lowest BCUT2D eigenvalue weighted by Crippen LogP contribution is -2.49. The van der Waals surface area contributed by atoms with Crippen molar-refractivity contribution in [1.82, 2.24) is 25.8 Å². The van der Waals surface area contributed by atoms with E-state index in [9.17, 15) is 4.79 Å². The summed E-state index contributed by atoms with van der Waals surface area (Å²) in [6.45, 7) is 11.8. The van der Waals surface area contributed by atoms with Crippen molar-refractivity contribution in [2.45, 2.75) is 32.7 Å². The number of halogens is 1. The molecule has 2 fully saturated rings. The average molecular weight is 466 g/mol. The van der Waals surface area contributed by atoms with Crippen LogP contribution in [-0.4, -0.2) is 87.1 Å². The van der Waals surface area contributed by atoms with E-state index in [0.717, 1.165) is 58.1 Å². The maximum atomic E-state index is 11.6. The molecule has 1 saturated carbocycles. The average Bonchev–Trinajstić information content (AvgIpc) is 3.41. The molecular weight excluding hydrogens is 431 g/mol. The monoisotopic (exact) mass is 466 g/mol. The van der Waals surface area contributed by atoms with Crippen LogP contribution in [0.5, 0.6) is 0 Å². The highest BCUT2D eigenvalue weighted by Gasteiger charge is 2.28. The largest absolute Gasteiger partial charge is 0.357 e. The topological polar surface area (TPSA) is 72.0 Å². The van der Waals surface area contributed by atoms with Crippen LogP contribution in [0.15, 0.2) is 4.99 Å². The second kappa shape index (κ2) is 11.9. The minimum absolute atomic E-state index is 0. The molecule has 25 heavy (non-hydrogen) atoms. The molecule has 1 atom stereocenters. The minimum atomic E-state index is 0. The van der Waals surface area contributed by atoms with Gasteiger partial charge in [0.1, 0.15) is 0 Å².